The molecule has 144 valence electrons. The van der Waals surface area contributed by atoms with E-state index in [-0.39, 0.29) is 31.5 Å². The van der Waals surface area contributed by atoms with Gasteiger partial charge in [0.1, 0.15) is 25.0 Å². The average Bonchev–Trinajstić information content (AvgIpc) is 2.65. The molecule has 0 aromatic heterocycles. The molecule has 0 bridgehead atoms. The number of esters is 1. The van der Waals surface area contributed by atoms with Crippen LogP contribution in [-0.2, 0) is 20.7 Å². The Morgan fingerprint density at radius 3 is 2.30 bits per heavy atom. The van der Waals surface area contributed by atoms with Gasteiger partial charge in [-0.2, -0.15) is 0 Å². The molecule has 5 heteroatoms. The third-order valence-electron chi connectivity index (χ3n) is 4.12. The number of ether oxygens (including phenoxy) is 2. The van der Waals surface area contributed by atoms with Crippen molar-refractivity contribution in [2.75, 3.05) is 13.2 Å². The highest BCUT2D eigenvalue weighted by atomic mass is 16.6. The quantitative estimate of drug-likeness (QED) is 0.544. The monoisotopic (exact) mass is 369 g/mol. The van der Waals surface area contributed by atoms with Crippen LogP contribution in [0.2, 0.25) is 0 Å². The number of aryl methyl sites for hydroxylation is 1. The van der Waals surface area contributed by atoms with Crippen LogP contribution >= 0.6 is 0 Å². The first-order valence-electron chi connectivity index (χ1n) is 9.15. The lowest BCUT2D eigenvalue weighted by Gasteiger charge is -2.21. The fourth-order valence-electron chi connectivity index (χ4n) is 2.61. The number of carbonyl (C=O) groups is 2. The molecule has 0 aliphatic heterocycles. The summed E-state index contributed by atoms with van der Waals surface area (Å²) in [5, 5.41) is 2.78. The number of hydrogen-bond donors (Lipinski definition) is 1. The highest BCUT2D eigenvalue weighted by molar-refractivity contribution is 5.85. The molecule has 27 heavy (non-hydrogen) atoms. The van der Waals surface area contributed by atoms with Gasteiger partial charge >= 0.3 is 5.97 Å². The van der Waals surface area contributed by atoms with E-state index in [0.717, 1.165) is 16.9 Å². The molecule has 0 spiro atoms. The number of amides is 1. The van der Waals surface area contributed by atoms with Crippen molar-refractivity contribution >= 4 is 11.9 Å². The summed E-state index contributed by atoms with van der Waals surface area (Å²) in [5.41, 5.74) is 1.93. The van der Waals surface area contributed by atoms with Crippen molar-refractivity contribution < 1.29 is 19.1 Å². The third-order valence-corrected chi connectivity index (χ3v) is 4.12. The van der Waals surface area contributed by atoms with Crippen LogP contribution in [0.1, 0.15) is 25.0 Å². The second-order valence-corrected chi connectivity index (χ2v) is 6.73. The highest BCUT2D eigenvalue weighted by Gasteiger charge is 2.25. The van der Waals surface area contributed by atoms with Crippen molar-refractivity contribution in [2.24, 2.45) is 5.92 Å². The number of hydrogen-bond acceptors (Lipinski definition) is 4. The summed E-state index contributed by atoms with van der Waals surface area (Å²) >= 11 is 0. The lowest BCUT2D eigenvalue weighted by atomic mass is 10.0. The molecule has 2 aromatic carbocycles. The molecule has 0 aliphatic rings. The molecule has 1 unspecified atom stereocenters. The zero-order valence-electron chi connectivity index (χ0n) is 16.1. The molecule has 2 rings (SSSR count). The molecule has 0 saturated carbocycles. The number of para-hydroxylation sites is 1. The largest absolute Gasteiger partial charge is 0.490 e. The van der Waals surface area contributed by atoms with Crippen molar-refractivity contribution in [3.8, 4) is 5.75 Å². The van der Waals surface area contributed by atoms with Gasteiger partial charge in [0.2, 0.25) is 5.91 Å². The van der Waals surface area contributed by atoms with Crippen LogP contribution in [0.15, 0.2) is 54.6 Å². The van der Waals surface area contributed by atoms with E-state index in [0.29, 0.717) is 0 Å². The standard InChI is InChI=1S/C22H27NO4/c1-16(2)21(23-20(24)15-18-10-5-4-6-11-18)22(25)27-14-13-26-19-12-8-7-9-17(19)3/h4-12,16,21H,13-15H2,1-3H3,(H,23,24). The normalized spacial score (nSPS) is 11.7. The van der Waals surface area contributed by atoms with E-state index in [1.165, 1.54) is 0 Å². The summed E-state index contributed by atoms with van der Waals surface area (Å²) in [6.45, 7) is 6.10. The lowest BCUT2D eigenvalue weighted by Crippen LogP contribution is -2.46. The zero-order valence-corrected chi connectivity index (χ0v) is 16.1. The molecule has 0 heterocycles. The summed E-state index contributed by atoms with van der Waals surface area (Å²) in [7, 11) is 0. The van der Waals surface area contributed by atoms with Crippen LogP contribution in [0.25, 0.3) is 0 Å². The number of nitrogens with one attached hydrogen (secondary N) is 1. The van der Waals surface area contributed by atoms with Crippen LogP contribution in [0.3, 0.4) is 0 Å². The van der Waals surface area contributed by atoms with Crippen molar-refractivity contribution in [2.45, 2.75) is 33.2 Å². The predicted octanol–water partition coefficient (Wildman–Crippen LogP) is 3.30. The second-order valence-electron chi connectivity index (χ2n) is 6.73. The fraction of sp³-hybridized carbons (Fsp3) is 0.364. The van der Waals surface area contributed by atoms with Gasteiger partial charge in [0.05, 0.1) is 6.42 Å². The molecule has 2 aromatic rings. The SMILES string of the molecule is Cc1ccccc1OCCOC(=O)C(NC(=O)Cc1ccccc1)C(C)C. The number of benzene rings is 2. The van der Waals surface area contributed by atoms with Gasteiger partial charge in [0, 0.05) is 0 Å². The van der Waals surface area contributed by atoms with Crippen molar-refractivity contribution in [1.29, 1.82) is 0 Å². The van der Waals surface area contributed by atoms with E-state index in [1.807, 2.05) is 75.4 Å². The maximum absolute atomic E-state index is 12.4. The van der Waals surface area contributed by atoms with Crippen molar-refractivity contribution in [1.82, 2.24) is 5.32 Å². The number of carbonyl (C=O) groups excluding carboxylic acids is 2. The van der Waals surface area contributed by atoms with Crippen LogP contribution in [0.4, 0.5) is 0 Å². The molecule has 0 radical (unpaired) electrons. The maximum Gasteiger partial charge on any atom is 0.329 e. The first-order valence-corrected chi connectivity index (χ1v) is 9.15. The highest BCUT2D eigenvalue weighted by Crippen LogP contribution is 2.15. The Kier molecular flexibility index (Phi) is 7.86. The fourth-order valence-corrected chi connectivity index (χ4v) is 2.61. The summed E-state index contributed by atoms with van der Waals surface area (Å²) in [5.74, 6) is 0.0486. The third kappa shape index (κ3) is 6.77. The Morgan fingerprint density at radius 2 is 1.63 bits per heavy atom. The molecule has 1 amide bonds. The smallest absolute Gasteiger partial charge is 0.329 e. The van der Waals surface area contributed by atoms with Crippen LogP contribution in [0.5, 0.6) is 5.75 Å². The van der Waals surface area contributed by atoms with Gasteiger partial charge in [-0.1, -0.05) is 62.4 Å². The Labute approximate surface area is 160 Å². The molecule has 5 nitrogen and oxygen atoms in total. The summed E-state index contributed by atoms with van der Waals surface area (Å²) < 4.78 is 10.9. The first kappa shape index (κ1) is 20.5. The zero-order chi connectivity index (χ0) is 19.6. The van der Waals surface area contributed by atoms with Gasteiger partial charge < -0.3 is 14.8 Å². The Bertz CT molecular complexity index is 743. The van der Waals surface area contributed by atoms with Gasteiger partial charge in [0.25, 0.3) is 0 Å². The Hall–Kier alpha value is -2.82. The van der Waals surface area contributed by atoms with Crippen molar-refractivity contribution in [3.63, 3.8) is 0 Å². The molecule has 0 saturated heterocycles. The minimum absolute atomic E-state index is 0.0745. The van der Waals surface area contributed by atoms with Crippen LogP contribution in [0, 0.1) is 12.8 Å². The van der Waals surface area contributed by atoms with E-state index in [2.05, 4.69) is 5.32 Å². The Morgan fingerprint density at radius 1 is 0.963 bits per heavy atom. The summed E-state index contributed by atoms with van der Waals surface area (Å²) in [6.07, 6.45) is 0.230. The van der Waals surface area contributed by atoms with E-state index in [9.17, 15) is 9.59 Å². The van der Waals surface area contributed by atoms with Gasteiger partial charge in [-0.25, -0.2) is 4.79 Å². The summed E-state index contributed by atoms with van der Waals surface area (Å²) in [4.78, 5) is 24.6. The molecular weight excluding hydrogens is 342 g/mol. The summed E-state index contributed by atoms with van der Waals surface area (Å²) in [6, 6.07) is 16.4. The minimum atomic E-state index is -0.681. The van der Waals surface area contributed by atoms with E-state index < -0.39 is 12.0 Å². The van der Waals surface area contributed by atoms with Crippen LogP contribution < -0.4 is 10.1 Å². The van der Waals surface area contributed by atoms with E-state index >= 15 is 0 Å². The molecular formula is C22H27NO4. The van der Waals surface area contributed by atoms with Crippen molar-refractivity contribution in [3.05, 3.63) is 65.7 Å². The minimum Gasteiger partial charge on any atom is -0.490 e. The average molecular weight is 369 g/mol. The molecule has 0 aliphatic carbocycles. The topological polar surface area (TPSA) is 64.6 Å². The molecule has 1 N–H and O–H groups in total. The van der Waals surface area contributed by atoms with E-state index in [4.69, 9.17) is 9.47 Å². The van der Waals surface area contributed by atoms with Gasteiger partial charge in [-0.05, 0) is 30.0 Å². The van der Waals surface area contributed by atoms with Gasteiger partial charge in [0.15, 0.2) is 0 Å². The Balaban J connectivity index is 1.80. The predicted molar refractivity (Wildman–Crippen MR) is 105 cm³/mol. The maximum atomic E-state index is 12.4. The second kappa shape index (κ2) is 10.4. The molecule has 0 fully saturated rings. The first-order chi connectivity index (χ1) is 13.0. The number of rotatable bonds is 9. The lowest BCUT2D eigenvalue weighted by molar-refractivity contribution is -0.149. The molecule has 1 atom stereocenters. The van der Waals surface area contributed by atoms with E-state index in [1.54, 1.807) is 0 Å². The van der Waals surface area contributed by atoms with Gasteiger partial charge in [-0.15, -0.1) is 0 Å². The van der Waals surface area contributed by atoms with Crippen LogP contribution in [-0.4, -0.2) is 31.1 Å². The van der Waals surface area contributed by atoms with Gasteiger partial charge in [-0.3, -0.25) is 4.79 Å².